The molecular weight excluding hydrogens is 336 g/mol. The molecule has 0 spiro atoms. The number of methoxy groups -OCH3 is 3. The Morgan fingerprint density at radius 1 is 1.00 bits per heavy atom. The lowest BCUT2D eigenvalue weighted by Crippen LogP contribution is -2.31. The van der Waals surface area contributed by atoms with Crippen LogP contribution in [0.15, 0.2) is 42.6 Å². The van der Waals surface area contributed by atoms with E-state index < -0.39 is 5.97 Å². The van der Waals surface area contributed by atoms with Crippen molar-refractivity contribution in [1.82, 2.24) is 9.88 Å². The van der Waals surface area contributed by atoms with Gasteiger partial charge in [-0.3, -0.25) is 14.7 Å². The number of carbonyl (C=O) groups excluding carboxylic acids is 2. The van der Waals surface area contributed by atoms with Gasteiger partial charge < -0.3 is 14.2 Å². The molecule has 7 nitrogen and oxygen atoms in total. The molecule has 0 radical (unpaired) electrons. The van der Waals surface area contributed by atoms with Crippen molar-refractivity contribution < 1.29 is 23.8 Å². The molecule has 1 heterocycles. The zero-order valence-corrected chi connectivity index (χ0v) is 15.1. The number of ether oxygens (including phenoxy) is 3. The van der Waals surface area contributed by atoms with Crippen molar-refractivity contribution in [2.75, 3.05) is 27.9 Å². The first kappa shape index (κ1) is 19.4. The summed E-state index contributed by atoms with van der Waals surface area (Å²) in [5.41, 5.74) is 1.90. The first-order valence-electron chi connectivity index (χ1n) is 8.01. The van der Waals surface area contributed by atoms with E-state index in [0.29, 0.717) is 24.3 Å². The molecule has 138 valence electrons. The van der Waals surface area contributed by atoms with Gasteiger partial charge in [-0.2, -0.15) is 0 Å². The lowest BCUT2D eigenvalue weighted by atomic mass is 10.1. The summed E-state index contributed by atoms with van der Waals surface area (Å²) in [4.78, 5) is 29.8. The van der Waals surface area contributed by atoms with Crippen molar-refractivity contribution in [3.05, 3.63) is 59.4 Å². The number of esters is 2. The average Bonchev–Trinajstić information content (AvgIpc) is 2.68. The summed E-state index contributed by atoms with van der Waals surface area (Å²) in [5, 5.41) is 0. The minimum atomic E-state index is -0.462. The van der Waals surface area contributed by atoms with Crippen LogP contribution in [0.25, 0.3) is 0 Å². The van der Waals surface area contributed by atoms with E-state index in [1.54, 1.807) is 25.4 Å². The number of benzene rings is 1. The fourth-order valence-corrected chi connectivity index (χ4v) is 2.48. The van der Waals surface area contributed by atoms with Crippen molar-refractivity contribution >= 4 is 11.9 Å². The molecule has 2 aromatic rings. The summed E-state index contributed by atoms with van der Waals surface area (Å²) in [6.07, 6.45) is 1.60. The quantitative estimate of drug-likeness (QED) is 0.668. The Kier molecular flexibility index (Phi) is 7.11. The highest BCUT2D eigenvalue weighted by molar-refractivity contribution is 5.90. The number of rotatable bonds is 8. The van der Waals surface area contributed by atoms with Crippen molar-refractivity contribution in [2.45, 2.75) is 13.1 Å². The minimum absolute atomic E-state index is 0.0692. The third-order valence-corrected chi connectivity index (χ3v) is 3.81. The second-order valence-corrected chi connectivity index (χ2v) is 5.56. The maximum absolute atomic E-state index is 11.9. The molecule has 7 heteroatoms. The van der Waals surface area contributed by atoms with Crippen molar-refractivity contribution in [1.29, 1.82) is 0 Å². The van der Waals surface area contributed by atoms with Crippen LogP contribution < -0.4 is 4.74 Å². The van der Waals surface area contributed by atoms with Crippen LogP contribution in [-0.4, -0.2) is 49.7 Å². The SMILES string of the molecule is COC(=O)CN(Cc1ccc(OC)cc1)Cc1ncccc1C(=O)OC. The Bertz CT molecular complexity index is 746. The number of nitrogens with zero attached hydrogens (tertiary/aromatic N) is 2. The first-order chi connectivity index (χ1) is 12.6. The van der Waals surface area contributed by atoms with Gasteiger partial charge in [-0.1, -0.05) is 12.1 Å². The van der Waals surface area contributed by atoms with Crippen molar-refractivity contribution in [2.24, 2.45) is 0 Å². The van der Waals surface area contributed by atoms with Gasteiger partial charge >= 0.3 is 11.9 Å². The van der Waals surface area contributed by atoms with Crippen LogP contribution >= 0.6 is 0 Å². The van der Waals surface area contributed by atoms with Gasteiger partial charge in [0.15, 0.2) is 0 Å². The zero-order chi connectivity index (χ0) is 18.9. The highest BCUT2D eigenvalue weighted by Crippen LogP contribution is 2.16. The third-order valence-electron chi connectivity index (χ3n) is 3.81. The maximum atomic E-state index is 11.9. The second kappa shape index (κ2) is 9.53. The molecule has 0 aliphatic heterocycles. The molecule has 0 saturated heterocycles. The molecule has 0 bridgehead atoms. The fourth-order valence-electron chi connectivity index (χ4n) is 2.48. The molecule has 0 atom stereocenters. The second-order valence-electron chi connectivity index (χ2n) is 5.56. The van der Waals surface area contributed by atoms with E-state index in [2.05, 4.69) is 4.98 Å². The molecule has 0 amide bonds. The van der Waals surface area contributed by atoms with E-state index in [0.717, 1.165) is 11.3 Å². The molecule has 0 unspecified atom stereocenters. The Morgan fingerprint density at radius 2 is 1.73 bits per heavy atom. The highest BCUT2D eigenvalue weighted by atomic mass is 16.5. The number of aromatic nitrogens is 1. The normalized spacial score (nSPS) is 10.5. The predicted molar refractivity (Wildman–Crippen MR) is 94.7 cm³/mol. The van der Waals surface area contributed by atoms with Crippen LogP contribution in [0.5, 0.6) is 5.75 Å². The Balaban J connectivity index is 2.22. The van der Waals surface area contributed by atoms with Gasteiger partial charge in [0.05, 0.1) is 39.1 Å². The van der Waals surface area contributed by atoms with E-state index >= 15 is 0 Å². The van der Waals surface area contributed by atoms with Gasteiger partial charge in [0.2, 0.25) is 0 Å². The summed E-state index contributed by atoms with van der Waals surface area (Å²) in [6.45, 7) is 0.850. The summed E-state index contributed by atoms with van der Waals surface area (Å²) in [6, 6.07) is 10.9. The predicted octanol–water partition coefficient (Wildman–Crippen LogP) is 2.05. The van der Waals surface area contributed by atoms with Crippen LogP contribution in [0.4, 0.5) is 0 Å². The maximum Gasteiger partial charge on any atom is 0.339 e. The van der Waals surface area contributed by atoms with E-state index in [9.17, 15) is 9.59 Å². The van der Waals surface area contributed by atoms with Crippen LogP contribution in [0.1, 0.15) is 21.6 Å². The molecule has 0 saturated carbocycles. The van der Waals surface area contributed by atoms with Crippen LogP contribution in [0, 0.1) is 0 Å². The monoisotopic (exact) mass is 358 g/mol. The highest BCUT2D eigenvalue weighted by Gasteiger charge is 2.18. The summed E-state index contributed by atoms with van der Waals surface area (Å²) >= 11 is 0. The standard InChI is InChI=1S/C19H22N2O5/c1-24-15-8-6-14(7-9-15)11-21(13-18(22)25-2)12-17-16(19(23)26-3)5-4-10-20-17/h4-10H,11-13H2,1-3H3. The van der Waals surface area contributed by atoms with Crippen molar-refractivity contribution in [3.8, 4) is 5.75 Å². The Labute approximate surface area is 152 Å². The molecular formula is C19H22N2O5. The van der Waals surface area contributed by atoms with E-state index in [1.165, 1.54) is 14.2 Å². The zero-order valence-electron chi connectivity index (χ0n) is 15.1. The topological polar surface area (TPSA) is 78.0 Å². The van der Waals surface area contributed by atoms with Gasteiger partial charge in [0.25, 0.3) is 0 Å². The lowest BCUT2D eigenvalue weighted by molar-refractivity contribution is -0.142. The summed E-state index contributed by atoms with van der Waals surface area (Å²) in [7, 11) is 4.27. The summed E-state index contributed by atoms with van der Waals surface area (Å²) in [5.74, 6) is -0.0735. The van der Waals surface area contributed by atoms with E-state index in [-0.39, 0.29) is 12.5 Å². The van der Waals surface area contributed by atoms with Gasteiger partial charge in [-0.05, 0) is 29.8 Å². The first-order valence-corrected chi connectivity index (χ1v) is 8.01. The molecule has 1 aromatic carbocycles. The number of carbonyl (C=O) groups is 2. The number of hydrogen-bond donors (Lipinski definition) is 0. The molecule has 0 aliphatic rings. The number of pyridine rings is 1. The van der Waals surface area contributed by atoms with Crippen LogP contribution in [0.3, 0.4) is 0 Å². The van der Waals surface area contributed by atoms with E-state index in [4.69, 9.17) is 14.2 Å². The lowest BCUT2D eigenvalue weighted by Gasteiger charge is -2.21. The van der Waals surface area contributed by atoms with Gasteiger partial charge in [0, 0.05) is 19.3 Å². The summed E-state index contributed by atoms with van der Waals surface area (Å²) < 4.78 is 14.7. The molecule has 26 heavy (non-hydrogen) atoms. The van der Waals surface area contributed by atoms with Crippen LogP contribution in [0.2, 0.25) is 0 Å². The minimum Gasteiger partial charge on any atom is -0.497 e. The third kappa shape index (κ3) is 5.29. The Hall–Kier alpha value is -2.93. The largest absolute Gasteiger partial charge is 0.497 e. The molecule has 0 aliphatic carbocycles. The van der Waals surface area contributed by atoms with Gasteiger partial charge in [-0.15, -0.1) is 0 Å². The molecule has 0 N–H and O–H groups in total. The van der Waals surface area contributed by atoms with Crippen molar-refractivity contribution in [3.63, 3.8) is 0 Å². The number of hydrogen-bond acceptors (Lipinski definition) is 7. The smallest absolute Gasteiger partial charge is 0.339 e. The van der Waals surface area contributed by atoms with E-state index in [1.807, 2.05) is 29.2 Å². The molecule has 1 aromatic heterocycles. The average molecular weight is 358 g/mol. The Morgan fingerprint density at radius 3 is 2.35 bits per heavy atom. The van der Waals surface area contributed by atoms with Gasteiger partial charge in [0.1, 0.15) is 5.75 Å². The molecule has 2 rings (SSSR count). The van der Waals surface area contributed by atoms with Gasteiger partial charge in [-0.25, -0.2) is 4.79 Å². The fraction of sp³-hybridized carbons (Fsp3) is 0.316. The molecule has 0 fully saturated rings. The van der Waals surface area contributed by atoms with Crippen LogP contribution in [-0.2, 0) is 27.4 Å².